The highest BCUT2D eigenvalue weighted by molar-refractivity contribution is 5.86. The number of carboxylic acids is 1. The summed E-state index contributed by atoms with van der Waals surface area (Å²) in [4.78, 5) is 37.1. The van der Waals surface area contributed by atoms with E-state index in [1.54, 1.807) is 0 Å². The normalized spacial score (nSPS) is 19.7. The summed E-state index contributed by atoms with van der Waals surface area (Å²) in [6.07, 6.45) is 3.41. The lowest BCUT2D eigenvalue weighted by atomic mass is 9.98. The molecule has 2 aliphatic rings. The zero-order valence-electron chi connectivity index (χ0n) is 19.5. The fraction of sp³-hybridized carbons (Fsp3) is 0.444. The SMILES string of the molecule is CCCC[C@H](NC(=O)OCC1c2ccccc2-c2ccccc21)C(=O)N[C@H]1CCC[C@H]1C(=O)O. The molecule has 3 atom stereocenters. The van der Waals surface area contributed by atoms with E-state index in [1.807, 2.05) is 31.2 Å². The second-order valence-electron chi connectivity index (χ2n) is 9.16. The first-order chi connectivity index (χ1) is 16.5. The summed E-state index contributed by atoms with van der Waals surface area (Å²) < 4.78 is 5.61. The molecule has 0 radical (unpaired) electrons. The predicted molar refractivity (Wildman–Crippen MR) is 128 cm³/mol. The Morgan fingerprint density at radius 1 is 1.03 bits per heavy atom. The van der Waals surface area contributed by atoms with Crippen molar-refractivity contribution in [1.82, 2.24) is 10.6 Å². The summed E-state index contributed by atoms with van der Waals surface area (Å²) in [5.41, 5.74) is 4.55. The molecule has 34 heavy (non-hydrogen) atoms. The van der Waals surface area contributed by atoms with E-state index in [1.165, 1.54) is 0 Å². The topological polar surface area (TPSA) is 105 Å². The molecule has 0 saturated heterocycles. The molecular weight excluding hydrogens is 432 g/mol. The molecule has 1 fully saturated rings. The summed E-state index contributed by atoms with van der Waals surface area (Å²) >= 11 is 0. The van der Waals surface area contributed by atoms with Crippen molar-refractivity contribution >= 4 is 18.0 Å². The molecule has 2 aliphatic carbocycles. The van der Waals surface area contributed by atoms with Crippen LogP contribution in [0, 0.1) is 5.92 Å². The van der Waals surface area contributed by atoms with Gasteiger partial charge in [-0.15, -0.1) is 0 Å². The maximum absolute atomic E-state index is 12.9. The van der Waals surface area contributed by atoms with Crippen molar-refractivity contribution < 1.29 is 24.2 Å². The average molecular weight is 465 g/mol. The van der Waals surface area contributed by atoms with Gasteiger partial charge in [-0.3, -0.25) is 9.59 Å². The molecular formula is C27H32N2O5. The van der Waals surface area contributed by atoms with Crippen LogP contribution >= 0.6 is 0 Å². The van der Waals surface area contributed by atoms with Gasteiger partial charge in [0, 0.05) is 12.0 Å². The van der Waals surface area contributed by atoms with Gasteiger partial charge in [0.05, 0.1) is 5.92 Å². The smallest absolute Gasteiger partial charge is 0.407 e. The number of unbranched alkanes of at least 4 members (excludes halogenated alkanes) is 1. The predicted octanol–water partition coefficient (Wildman–Crippen LogP) is 4.45. The molecule has 2 aromatic carbocycles. The van der Waals surface area contributed by atoms with Crippen molar-refractivity contribution in [3.63, 3.8) is 0 Å². The van der Waals surface area contributed by atoms with Crippen molar-refractivity contribution in [2.45, 2.75) is 63.5 Å². The number of alkyl carbamates (subject to hydrolysis) is 1. The van der Waals surface area contributed by atoms with Gasteiger partial charge in [-0.25, -0.2) is 4.79 Å². The quantitative estimate of drug-likeness (QED) is 0.508. The Hall–Kier alpha value is -3.35. The van der Waals surface area contributed by atoms with Gasteiger partial charge in [0.25, 0.3) is 0 Å². The Kier molecular flexibility index (Phi) is 7.50. The molecule has 1 saturated carbocycles. The third-order valence-electron chi connectivity index (χ3n) is 6.96. The summed E-state index contributed by atoms with van der Waals surface area (Å²) in [6, 6.07) is 15.1. The zero-order valence-corrected chi connectivity index (χ0v) is 19.5. The third kappa shape index (κ3) is 5.08. The van der Waals surface area contributed by atoms with E-state index in [4.69, 9.17) is 4.74 Å². The molecule has 7 nitrogen and oxygen atoms in total. The number of carbonyl (C=O) groups is 3. The molecule has 180 valence electrons. The van der Waals surface area contributed by atoms with Gasteiger partial charge in [0.2, 0.25) is 5.91 Å². The number of benzene rings is 2. The number of aliphatic carboxylic acids is 1. The van der Waals surface area contributed by atoms with E-state index in [2.05, 4.69) is 34.9 Å². The molecule has 0 spiro atoms. The Bertz CT molecular complexity index is 1010. The van der Waals surface area contributed by atoms with Gasteiger partial charge in [0.15, 0.2) is 0 Å². The molecule has 0 aliphatic heterocycles. The van der Waals surface area contributed by atoms with Crippen LogP contribution in [0.3, 0.4) is 0 Å². The minimum Gasteiger partial charge on any atom is -0.481 e. The first kappa shape index (κ1) is 23.8. The van der Waals surface area contributed by atoms with Crippen LogP contribution in [0.15, 0.2) is 48.5 Å². The molecule has 7 heteroatoms. The van der Waals surface area contributed by atoms with Crippen molar-refractivity contribution in [2.75, 3.05) is 6.61 Å². The van der Waals surface area contributed by atoms with Crippen molar-refractivity contribution in [3.8, 4) is 11.1 Å². The number of rotatable bonds is 9. The number of nitrogens with one attached hydrogen (secondary N) is 2. The maximum Gasteiger partial charge on any atom is 0.407 e. The van der Waals surface area contributed by atoms with Gasteiger partial charge in [-0.1, -0.05) is 74.7 Å². The van der Waals surface area contributed by atoms with E-state index in [0.717, 1.165) is 41.5 Å². The second-order valence-corrected chi connectivity index (χ2v) is 9.16. The molecule has 2 amide bonds. The van der Waals surface area contributed by atoms with Crippen LogP contribution in [0.4, 0.5) is 4.79 Å². The van der Waals surface area contributed by atoms with E-state index in [9.17, 15) is 19.5 Å². The van der Waals surface area contributed by atoms with Crippen molar-refractivity contribution in [1.29, 1.82) is 0 Å². The number of amides is 2. The largest absolute Gasteiger partial charge is 0.481 e. The second kappa shape index (κ2) is 10.7. The number of carbonyl (C=O) groups excluding carboxylic acids is 2. The highest BCUT2D eigenvalue weighted by Gasteiger charge is 2.35. The van der Waals surface area contributed by atoms with Gasteiger partial charge in [-0.05, 0) is 41.5 Å². The summed E-state index contributed by atoms with van der Waals surface area (Å²) in [7, 11) is 0. The van der Waals surface area contributed by atoms with Crippen molar-refractivity contribution in [3.05, 3.63) is 59.7 Å². The average Bonchev–Trinajstić information content (AvgIpc) is 3.43. The van der Waals surface area contributed by atoms with E-state index >= 15 is 0 Å². The fourth-order valence-corrected chi connectivity index (χ4v) is 5.17. The summed E-state index contributed by atoms with van der Waals surface area (Å²) in [5.74, 6) is -1.88. The van der Waals surface area contributed by atoms with Gasteiger partial charge < -0.3 is 20.5 Å². The summed E-state index contributed by atoms with van der Waals surface area (Å²) in [6.45, 7) is 2.19. The van der Waals surface area contributed by atoms with Crippen LogP contribution in [0.1, 0.15) is 62.5 Å². The van der Waals surface area contributed by atoms with Crippen molar-refractivity contribution in [2.24, 2.45) is 5.92 Å². The van der Waals surface area contributed by atoms with Crippen LogP contribution in [-0.2, 0) is 14.3 Å². The molecule has 4 rings (SSSR count). The Labute approximate surface area is 199 Å². The molecule has 0 unspecified atom stereocenters. The van der Waals surface area contributed by atoms with Gasteiger partial charge in [-0.2, -0.15) is 0 Å². The van der Waals surface area contributed by atoms with E-state index in [-0.39, 0.29) is 18.4 Å². The fourth-order valence-electron chi connectivity index (χ4n) is 5.17. The highest BCUT2D eigenvalue weighted by Crippen LogP contribution is 2.44. The van der Waals surface area contributed by atoms with Crippen LogP contribution in [0.25, 0.3) is 11.1 Å². The molecule has 0 heterocycles. The maximum atomic E-state index is 12.9. The lowest BCUT2D eigenvalue weighted by molar-refractivity contribution is -0.142. The summed E-state index contributed by atoms with van der Waals surface area (Å²) in [5, 5.41) is 15.0. The zero-order chi connectivity index (χ0) is 24.1. The molecule has 2 aromatic rings. The van der Waals surface area contributed by atoms with Crippen LogP contribution in [-0.4, -0.2) is 41.8 Å². The Morgan fingerprint density at radius 3 is 2.29 bits per heavy atom. The van der Waals surface area contributed by atoms with E-state index < -0.39 is 30.1 Å². The van der Waals surface area contributed by atoms with Crippen LogP contribution in [0.5, 0.6) is 0 Å². The molecule has 0 aromatic heterocycles. The number of carboxylic acid groups (broad SMARTS) is 1. The third-order valence-corrected chi connectivity index (χ3v) is 6.96. The Balaban J connectivity index is 1.39. The lowest BCUT2D eigenvalue weighted by Gasteiger charge is -2.23. The number of ether oxygens (including phenoxy) is 1. The van der Waals surface area contributed by atoms with E-state index in [0.29, 0.717) is 19.3 Å². The molecule has 3 N–H and O–H groups in total. The first-order valence-electron chi connectivity index (χ1n) is 12.1. The van der Waals surface area contributed by atoms with Gasteiger partial charge >= 0.3 is 12.1 Å². The van der Waals surface area contributed by atoms with Crippen LogP contribution in [0.2, 0.25) is 0 Å². The Morgan fingerprint density at radius 2 is 1.68 bits per heavy atom. The molecule has 0 bridgehead atoms. The number of hydrogen-bond donors (Lipinski definition) is 3. The highest BCUT2D eigenvalue weighted by atomic mass is 16.5. The lowest BCUT2D eigenvalue weighted by Crippen LogP contribution is -2.51. The standard InChI is InChI=1S/C27H32N2O5/c1-2-3-14-24(25(30)28-23-15-8-13-21(23)26(31)32)29-27(33)34-16-22-19-11-6-4-9-17(19)18-10-5-7-12-20(18)22/h4-7,9-12,21-24H,2-3,8,13-16H2,1H3,(H,28,30)(H,29,33)(H,31,32)/t21-,23+,24+/m1/s1. The number of hydrogen-bond acceptors (Lipinski definition) is 4. The van der Waals surface area contributed by atoms with Crippen LogP contribution < -0.4 is 10.6 Å². The number of fused-ring (bicyclic) bond motifs is 3. The monoisotopic (exact) mass is 464 g/mol. The minimum absolute atomic E-state index is 0.0594. The minimum atomic E-state index is -0.891. The first-order valence-corrected chi connectivity index (χ1v) is 12.1. The van der Waals surface area contributed by atoms with Gasteiger partial charge in [0.1, 0.15) is 12.6 Å².